The number of carbonyl (C=O) groups excluding carboxylic acids is 1. The Morgan fingerprint density at radius 2 is 1.38 bits per heavy atom. The van der Waals surface area contributed by atoms with E-state index in [9.17, 15) is 4.79 Å². The molecule has 0 saturated heterocycles. The second-order valence-corrected chi connectivity index (χ2v) is 7.60. The second-order valence-electron chi connectivity index (χ2n) is 7.60. The number of unbranched alkanes of at least 4 members (excludes halogenated alkanes) is 9. The molecule has 1 aromatic carbocycles. The molecule has 0 aromatic heterocycles. The third-order valence-electron chi connectivity index (χ3n) is 5.13. The number of benzene rings is 1. The molecule has 0 heterocycles. The minimum atomic E-state index is -0.159. The van der Waals surface area contributed by atoms with Crippen molar-refractivity contribution < 1.29 is 9.53 Å². The highest BCUT2D eigenvalue weighted by Gasteiger charge is 2.16. The van der Waals surface area contributed by atoms with Gasteiger partial charge in [0.25, 0.3) is 0 Å². The van der Waals surface area contributed by atoms with E-state index in [1.54, 1.807) is 0 Å². The summed E-state index contributed by atoms with van der Waals surface area (Å²) in [5.74, 6) is -0.159. The van der Waals surface area contributed by atoms with Gasteiger partial charge >= 0.3 is 5.97 Å². The number of rotatable bonds is 15. The molecule has 0 bridgehead atoms. The van der Waals surface area contributed by atoms with E-state index in [2.05, 4.69) is 13.8 Å². The highest BCUT2D eigenvalue weighted by atomic mass is 16.5. The van der Waals surface area contributed by atoms with Crippen LogP contribution in [0.5, 0.6) is 0 Å². The standard InChI is InChI=1S/C24H40O2/c1-4-6-7-8-9-10-11-12-13-14-19-22(17-5-2)26-24(25)23-20-16-15-18-21(23)3/h15-16,18,20,22H,4-14,17,19H2,1-3H3. The summed E-state index contributed by atoms with van der Waals surface area (Å²) in [4.78, 5) is 12.4. The Balaban J connectivity index is 2.19. The van der Waals surface area contributed by atoms with E-state index in [0.717, 1.165) is 24.8 Å². The fraction of sp³-hybridized carbons (Fsp3) is 0.708. The molecule has 0 saturated carbocycles. The van der Waals surface area contributed by atoms with Gasteiger partial charge in [-0.25, -0.2) is 4.79 Å². The molecule has 0 aliphatic carbocycles. The van der Waals surface area contributed by atoms with E-state index in [4.69, 9.17) is 4.74 Å². The smallest absolute Gasteiger partial charge is 0.338 e. The van der Waals surface area contributed by atoms with Crippen molar-refractivity contribution in [1.29, 1.82) is 0 Å². The summed E-state index contributed by atoms with van der Waals surface area (Å²) in [6, 6.07) is 7.69. The van der Waals surface area contributed by atoms with Crippen molar-refractivity contribution in [1.82, 2.24) is 0 Å². The number of ether oxygens (including phenoxy) is 1. The molecule has 0 spiro atoms. The van der Waals surface area contributed by atoms with Crippen molar-refractivity contribution >= 4 is 5.97 Å². The fourth-order valence-corrected chi connectivity index (χ4v) is 3.46. The van der Waals surface area contributed by atoms with Crippen LogP contribution in [0.15, 0.2) is 24.3 Å². The highest BCUT2D eigenvalue weighted by molar-refractivity contribution is 5.91. The zero-order chi connectivity index (χ0) is 19.0. The third-order valence-corrected chi connectivity index (χ3v) is 5.13. The van der Waals surface area contributed by atoms with Crippen molar-refractivity contribution in [2.45, 2.75) is 110 Å². The lowest BCUT2D eigenvalue weighted by atomic mass is 10.0. The van der Waals surface area contributed by atoms with Gasteiger partial charge in [-0.1, -0.05) is 96.3 Å². The van der Waals surface area contributed by atoms with Crippen molar-refractivity contribution in [3.8, 4) is 0 Å². The van der Waals surface area contributed by atoms with Crippen LogP contribution in [0.1, 0.15) is 113 Å². The molecule has 1 unspecified atom stereocenters. The van der Waals surface area contributed by atoms with Crippen LogP contribution in [0.3, 0.4) is 0 Å². The molecule has 0 N–H and O–H groups in total. The summed E-state index contributed by atoms with van der Waals surface area (Å²) in [6.07, 6.45) is 16.5. The lowest BCUT2D eigenvalue weighted by Crippen LogP contribution is -2.19. The molecular weight excluding hydrogens is 320 g/mol. The predicted octanol–water partition coefficient (Wildman–Crippen LogP) is 7.63. The van der Waals surface area contributed by atoms with Crippen molar-refractivity contribution in [3.05, 3.63) is 35.4 Å². The number of aryl methyl sites for hydroxylation is 1. The Morgan fingerprint density at radius 3 is 1.96 bits per heavy atom. The fourth-order valence-electron chi connectivity index (χ4n) is 3.46. The van der Waals surface area contributed by atoms with Gasteiger partial charge < -0.3 is 4.74 Å². The van der Waals surface area contributed by atoms with E-state index in [1.165, 1.54) is 64.2 Å². The van der Waals surface area contributed by atoms with Crippen molar-refractivity contribution in [2.75, 3.05) is 0 Å². The molecule has 1 rings (SSSR count). The first-order valence-electron chi connectivity index (χ1n) is 11.0. The Labute approximate surface area is 161 Å². The molecule has 26 heavy (non-hydrogen) atoms. The second kappa shape index (κ2) is 14.8. The summed E-state index contributed by atoms with van der Waals surface area (Å²) >= 11 is 0. The topological polar surface area (TPSA) is 26.3 Å². The average molecular weight is 361 g/mol. The summed E-state index contributed by atoms with van der Waals surface area (Å²) in [5.41, 5.74) is 1.70. The zero-order valence-electron chi connectivity index (χ0n) is 17.4. The molecular formula is C24H40O2. The van der Waals surface area contributed by atoms with Crippen molar-refractivity contribution in [2.24, 2.45) is 0 Å². The monoisotopic (exact) mass is 360 g/mol. The number of hydrogen-bond acceptors (Lipinski definition) is 2. The maximum Gasteiger partial charge on any atom is 0.338 e. The van der Waals surface area contributed by atoms with Crippen LogP contribution in [0, 0.1) is 6.92 Å². The number of carbonyl (C=O) groups is 1. The van der Waals surface area contributed by atoms with Gasteiger partial charge in [0.1, 0.15) is 6.10 Å². The normalized spacial score (nSPS) is 12.1. The molecule has 148 valence electrons. The van der Waals surface area contributed by atoms with E-state index in [1.807, 2.05) is 31.2 Å². The van der Waals surface area contributed by atoms with E-state index < -0.39 is 0 Å². The van der Waals surface area contributed by atoms with Crippen LogP contribution in [0.4, 0.5) is 0 Å². The van der Waals surface area contributed by atoms with Gasteiger partial charge in [0.15, 0.2) is 0 Å². The number of esters is 1. The van der Waals surface area contributed by atoms with Crippen LogP contribution < -0.4 is 0 Å². The van der Waals surface area contributed by atoms with Gasteiger partial charge in [0.05, 0.1) is 5.56 Å². The Kier molecular flexibility index (Phi) is 13.0. The van der Waals surface area contributed by atoms with E-state index >= 15 is 0 Å². The first kappa shape index (κ1) is 22.7. The number of hydrogen-bond donors (Lipinski definition) is 0. The third kappa shape index (κ3) is 9.99. The SMILES string of the molecule is CCCCCCCCCCCCC(CCC)OC(=O)c1ccccc1C. The molecule has 1 atom stereocenters. The van der Waals surface area contributed by atoms with Gasteiger partial charge in [-0.15, -0.1) is 0 Å². The first-order chi connectivity index (χ1) is 12.7. The molecule has 2 nitrogen and oxygen atoms in total. The van der Waals surface area contributed by atoms with Gasteiger partial charge in [-0.2, -0.15) is 0 Å². The minimum Gasteiger partial charge on any atom is -0.459 e. The Morgan fingerprint density at radius 1 is 0.808 bits per heavy atom. The molecule has 2 heteroatoms. The molecule has 0 aliphatic heterocycles. The summed E-state index contributed by atoms with van der Waals surface area (Å²) in [5, 5.41) is 0. The van der Waals surface area contributed by atoms with Crippen LogP contribution in [0.2, 0.25) is 0 Å². The van der Waals surface area contributed by atoms with E-state index in [0.29, 0.717) is 5.56 Å². The lowest BCUT2D eigenvalue weighted by molar-refractivity contribution is 0.0253. The van der Waals surface area contributed by atoms with Gasteiger partial charge in [-0.3, -0.25) is 0 Å². The molecule has 0 radical (unpaired) electrons. The van der Waals surface area contributed by atoms with E-state index in [-0.39, 0.29) is 12.1 Å². The summed E-state index contributed by atoms with van der Waals surface area (Å²) in [7, 11) is 0. The molecule has 0 fully saturated rings. The minimum absolute atomic E-state index is 0.0705. The summed E-state index contributed by atoms with van der Waals surface area (Å²) in [6.45, 7) is 6.39. The highest BCUT2D eigenvalue weighted by Crippen LogP contribution is 2.18. The average Bonchev–Trinajstić information content (AvgIpc) is 2.63. The van der Waals surface area contributed by atoms with Crippen LogP contribution >= 0.6 is 0 Å². The van der Waals surface area contributed by atoms with Gasteiger partial charge in [0, 0.05) is 0 Å². The Bertz CT molecular complexity index is 481. The van der Waals surface area contributed by atoms with Crippen LogP contribution in [-0.4, -0.2) is 12.1 Å². The Hall–Kier alpha value is -1.31. The molecule has 0 amide bonds. The molecule has 1 aromatic rings. The van der Waals surface area contributed by atoms with Gasteiger partial charge in [0.2, 0.25) is 0 Å². The zero-order valence-corrected chi connectivity index (χ0v) is 17.4. The summed E-state index contributed by atoms with van der Waals surface area (Å²) < 4.78 is 5.80. The van der Waals surface area contributed by atoms with Crippen LogP contribution in [-0.2, 0) is 4.74 Å². The molecule has 0 aliphatic rings. The van der Waals surface area contributed by atoms with Crippen molar-refractivity contribution in [3.63, 3.8) is 0 Å². The quantitative estimate of drug-likeness (QED) is 0.237. The maximum absolute atomic E-state index is 12.4. The first-order valence-corrected chi connectivity index (χ1v) is 11.0. The van der Waals surface area contributed by atoms with Crippen LogP contribution in [0.25, 0.3) is 0 Å². The maximum atomic E-state index is 12.4. The van der Waals surface area contributed by atoms with Gasteiger partial charge in [-0.05, 0) is 37.8 Å². The largest absolute Gasteiger partial charge is 0.459 e. The predicted molar refractivity (Wildman–Crippen MR) is 112 cm³/mol. The lowest BCUT2D eigenvalue weighted by Gasteiger charge is -2.18.